The number of hydrogen-bond acceptors (Lipinski definition) is 9. The largest absolute Gasteiger partial charge is 0.488 e. The van der Waals surface area contributed by atoms with E-state index in [4.69, 9.17) is 15.4 Å². The lowest BCUT2D eigenvalue weighted by Gasteiger charge is -2.28. The molecule has 0 aliphatic carbocycles. The van der Waals surface area contributed by atoms with Crippen LogP contribution < -0.4 is 20.7 Å². The molecule has 0 radical (unpaired) electrons. The van der Waals surface area contributed by atoms with Crippen LogP contribution in [0, 0.1) is 10.1 Å². The topological polar surface area (TPSA) is 146 Å². The molecule has 10 nitrogen and oxygen atoms in total. The number of nitrogens with zero attached hydrogens (tertiary/aromatic N) is 1. The van der Waals surface area contributed by atoms with E-state index in [1.54, 1.807) is 24.3 Å². The van der Waals surface area contributed by atoms with Gasteiger partial charge in [0.05, 0.1) is 4.92 Å². The number of carbonyl (C=O) groups excluding carboxylic acids is 1. The van der Waals surface area contributed by atoms with E-state index in [9.17, 15) is 20.0 Å². The molecule has 2 rings (SSSR count). The van der Waals surface area contributed by atoms with Crippen LogP contribution in [-0.2, 0) is 15.2 Å². The molecule has 10 heteroatoms. The summed E-state index contributed by atoms with van der Waals surface area (Å²) in [5, 5.41) is 24.4. The van der Waals surface area contributed by atoms with E-state index in [2.05, 4.69) is 10.2 Å². The predicted octanol–water partition coefficient (Wildman–Crippen LogP) is 2.30. The van der Waals surface area contributed by atoms with Gasteiger partial charge >= 0.3 is 5.97 Å². The van der Waals surface area contributed by atoms with Gasteiger partial charge in [0.15, 0.2) is 11.4 Å². The van der Waals surface area contributed by atoms with Gasteiger partial charge in [-0.3, -0.25) is 19.9 Å². The number of hydrogen-bond donors (Lipinski definition) is 3. The molecular formula is C20H25N3O7. The number of carbonyl (C=O) groups is 1. The highest BCUT2D eigenvalue weighted by molar-refractivity contribution is 5.66. The smallest absolute Gasteiger partial charge is 0.352 e. The van der Waals surface area contributed by atoms with Crippen molar-refractivity contribution in [2.24, 2.45) is 0 Å². The number of anilines is 1. The van der Waals surface area contributed by atoms with Gasteiger partial charge in [-0.25, -0.2) is 4.79 Å². The summed E-state index contributed by atoms with van der Waals surface area (Å²) >= 11 is 0. The first-order valence-electron chi connectivity index (χ1n) is 9.14. The summed E-state index contributed by atoms with van der Waals surface area (Å²) < 4.78 is 5.44. The Morgan fingerprint density at radius 1 is 1.27 bits per heavy atom. The number of nitrogens with two attached hydrogens (primary N) is 1. The van der Waals surface area contributed by atoms with Crippen molar-refractivity contribution in [3.8, 4) is 11.5 Å². The van der Waals surface area contributed by atoms with Crippen molar-refractivity contribution in [2.75, 3.05) is 18.9 Å². The summed E-state index contributed by atoms with van der Waals surface area (Å²) in [7, 11) is 0. The van der Waals surface area contributed by atoms with E-state index in [-0.39, 0.29) is 30.3 Å². The molecule has 0 aliphatic rings. The van der Waals surface area contributed by atoms with E-state index < -0.39 is 22.5 Å². The third kappa shape index (κ3) is 6.33. The molecule has 0 fully saturated rings. The van der Waals surface area contributed by atoms with Crippen molar-refractivity contribution in [3.05, 3.63) is 58.1 Å². The normalized spacial score (nSPS) is 12.1. The van der Waals surface area contributed by atoms with Gasteiger partial charge in [-0.05, 0) is 37.6 Å². The van der Waals surface area contributed by atoms with Crippen molar-refractivity contribution in [1.29, 1.82) is 0 Å². The average Bonchev–Trinajstić information content (AvgIpc) is 2.70. The Morgan fingerprint density at radius 3 is 2.53 bits per heavy atom. The number of nitrogen functional groups attached to an aromatic ring is 1. The molecule has 0 aliphatic heterocycles. The molecule has 0 amide bonds. The Kier molecular flexibility index (Phi) is 7.56. The Balaban J connectivity index is 1.89. The van der Waals surface area contributed by atoms with E-state index in [0.717, 1.165) is 5.56 Å². The van der Waals surface area contributed by atoms with Gasteiger partial charge in [-0.1, -0.05) is 18.2 Å². The molecule has 1 unspecified atom stereocenters. The zero-order chi connectivity index (χ0) is 22.3. The number of aliphatic hydroxyl groups excluding tert-OH is 1. The monoisotopic (exact) mass is 419 g/mol. The highest BCUT2D eigenvalue weighted by Crippen LogP contribution is 2.31. The standard InChI is InChI=1S/C20H25N3O7/c1-13(24)29-30-16-9-7-14(8-10-16)20(2,3)22-11-15(25)12-28-18-6-4-5-17(19(18)21)23(26)27/h4-10,15,22,25H,11-12,21H2,1-3H3. The van der Waals surface area contributed by atoms with Crippen LogP contribution >= 0.6 is 0 Å². The number of benzene rings is 2. The van der Waals surface area contributed by atoms with Gasteiger partial charge in [0.25, 0.3) is 5.69 Å². The van der Waals surface area contributed by atoms with Crippen molar-refractivity contribution < 1.29 is 29.3 Å². The van der Waals surface area contributed by atoms with Crippen LogP contribution in [0.15, 0.2) is 42.5 Å². The highest BCUT2D eigenvalue weighted by Gasteiger charge is 2.22. The maximum absolute atomic E-state index is 10.9. The van der Waals surface area contributed by atoms with E-state index in [1.807, 2.05) is 13.8 Å². The number of aliphatic hydroxyl groups is 1. The number of para-hydroxylation sites is 1. The van der Waals surface area contributed by atoms with Gasteiger partial charge in [0.2, 0.25) is 0 Å². The second kappa shape index (κ2) is 9.90. The van der Waals surface area contributed by atoms with Crippen molar-refractivity contribution >= 4 is 17.3 Å². The molecule has 0 heterocycles. The average molecular weight is 419 g/mol. The lowest BCUT2D eigenvalue weighted by molar-refractivity contribution is -0.384. The van der Waals surface area contributed by atoms with Gasteiger partial charge < -0.3 is 20.9 Å². The van der Waals surface area contributed by atoms with Crippen molar-refractivity contribution in [3.63, 3.8) is 0 Å². The summed E-state index contributed by atoms with van der Waals surface area (Å²) in [6.45, 7) is 5.21. The Hall–Kier alpha value is -3.37. The summed E-state index contributed by atoms with van der Waals surface area (Å²) in [5.74, 6) is -0.0252. The molecule has 2 aromatic carbocycles. The highest BCUT2D eigenvalue weighted by atomic mass is 17.2. The van der Waals surface area contributed by atoms with Crippen LogP contribution in [0.2, 0.25) is 0 Å². The summed E-state index contributed by atoms with van der Waals surface area (Å²) in [6.07, 6.45) is -0.880. The first-order valence-corrected chi connectivity index (χ1v) is 9.14. The fourth-order valence-corrected chi connectivity index (χ4v) is 2.57. The summed E-state index contributed by atoms with van der Waals surface area (Å²) in [4.78, 5) is 30.4. The summed E-state index contributed by atoms with van der Waals surface area (Å²) in [5.41, 5.74) is 5.82. The first kappa shape index (κ1) is 22.9. The molecule has 1 atom stereocenters. The van der Waals surface area contributed by atoms with E-state index in [0.29, 0.717) is 5.75 Å². The Morgan fingerprint density at radius 2 is 1.93 bits per heavy atom. The minimum Gasteiger partial charge on any atom is -0.488 e. The first-order chi connectivity index (χ1) is 14.1. The minimum absolute atomic E-state index is 0.0842. The molecule has 0 spiro atoms. The Labute approximate surface area is 173 Å². The lowest BCUT2D eigenvalue weighted by Crippen LogP contribution is -2.42. The molecule has 0 saturated heterocycles. The quantitative estimate of drug-likeness (QED) is 0.228. The zero-order valence-electron chi connectivity index (χ0n) is 17.0. The molecular weight excluding hydrogens is 394 g/mol. The van der Waals surface area contributed by atoms with Crippen LogP contribution in [0.1, 0.15) is 26.3 Å². The number of rotatable bonds is 10. The molecule has 2 aromatic rings. The minimum atomic E-state index is -0.880. The number of ether oxygens (including phenoxy) is 1. The maximum Gasteiger partial charge on any atom is 0.352 e. The third-order valence-electron chi connectivity index (χ3n) is 4.28. The molecule has 0 saturated carbocycles. The van der Waals surface area contributed by atoms with Gasteiger partial charge in [0.1, 0.15) is 18.5 Å². The number of nitro benzene ring substituents is 1. The Bertz CT molecular complexity index is 884. The third-order valence-corrected chi connectivity index (χ3v) is 4.28. The SMILES string of the molecule is CC(=O)OOc1ccc(C(C)(C)NCC(O)COc2cccc([N+](=O)[O-])c2N)cc1. The molecule has 0 aromatic heterocycles. The number of nitrogens with one attached hydrogen (secondary N) is 1. The zero-order valence-corrected chi connectivity index (χ0v) is 17.0. The fourth-order valence-electron chi connectivity index (χ4n) is 2.57. The second-order valence-corrected chi connectivity index (χ2v) is 7.10. The van der Waals surface area contributed by atoms with Crippen molar-refractivity contribution in [1.82, 2.24) is 5.32 Å². The molecule has 30 heavy (non-hydrogen) atoms. The van der Waals surface area contributed by atoms with Gasteiger partial charge in [0, 0.05) is 25.1 Å². The van der Waals surface area contributed by atoms with E-state index in [1.165, 1.54) is 25.1 Å². The predicted molar refractivity (Wildman–Crippen MR) is 109 cm³/mol. The molecule has 0 bridgehead atoms. The van der Waals surface area contributed by atoms with Crippen LogP contribution in [-0.4, -0.2) is 35.3 Å². The molecule has 162 valence electrons. The summed E-state index contributed by atoms with van der Waals surface area (Å²) in [6, 6.07) is 11.2. The van der Waals surface area contributed by atoms with E-state index >= 15 is 0 Å². The van der Waals surface area contributed by atoms with Gasteiger partial charge in [-0.2, -0.15) is 0 Å². The maximum atomic E-state index is 10.9. The van der Waals surface area contributed by atoms with Gasteiger partial charge in [-0.15, -0.1) is 0 Å². The number of nitro groups is 1. The van der Waals surface area contributed by atoms with Crippen molar-refractivity contribution in [2.45, 2.75) is 32.4 Å². The lowest BCUT2D eigenvalue weighted by atomic mass is 9.94. The van der Waals surface area contributed by atoms with Crippen LogP contribution in [0.4, 0.5) is 11.4 Å². The molecule has 4 N–H and O–H groups in total. The second-order valence-electron chi connectivity index (χ2n) is 7.10. The van der Waals surface area contributed by atoms with Crippen LogP contribution in [0.3, 0.4) is 0 Å². The fraction of sp³-hybridized carbons (Fsp3) is 0.350. The van der Waals surface area contributed by atoms with Crippen LogP contribution in [0.5, 0.6) is 11.5 Å². The van der Waals surface area contributed by atoms with Crippen LogP contribution in [0.25, 0.3) is 0 Å².